The summed E-state index contributed by atoms with van der Waals surface area (Å²) < 4.78 is 6.23. The van der Waals surface area contributed by atoms with Gasteiger partial charge in [0.1, 0.15) is 5.75 Å². The van der Waals surface area contributed by atoms with Gasteiger partial charge in [0.05, 0.1) is 18.2 Å². The molecule has 7 nitrogen and oxygen atoms in total. The number of hydrogen-bond acceptors (Lipinski definition) is 5. The van der Waals surface area contributed by atoms with Crippen LogP contribution in [0.1, 0.15) is 65.2 Å². The largest absolute Gasteiger partial charge is 0.508 e. The summed E-state index contributed by atoms with van der Waals surface area (Å²) in [5.41, 5.74) is 0.671. The highest BCUT2D eigenvalue weighted by Crippen LogP contribution is 2.45. The van der Waals surface area contributed by atoms with Crippen molar-refractivity contribution in [2.75, 3.05) is 11.9 Å². The number of carboxylic acid groups (broad SMARTS) is 1. The Morgan fingerprint density at radius 3 is 2.34 bits per heavy atom. The highest BCUT2D eigenvalue weighted by molar-refractivity contribution is 5.95. The number of carbonyl (C=O) groups excluding carboxylic acids is 1. The fourth-order valence-electron chi connectivity index (χ4n) is 5.22. The number of phenols is 1. The number of benzene rings is 1. The maximum absolute atomic E-state index is 12.9. The number of aromatic hydroxyl groups is 1. The average Bonchev–Trinajstić information content (AvgIpc) is 3.34. The predicted octanol–water partition coefficient (Wildman–Crippen LogP) is 4.16. The van der Waals surface area contributed by atoms with E-state index in [-0.39, 0.29) is 36.1 Å². The van der Waals surface area contributed by atoms with Gasteiger partial charge >= 0.3 is 5.97 Å². The fourth-order valence-corrected chi connectivity index (χ4v) is 5.22. The molecule has 3 rings (SSSR count). The molecule has 4 N–H and O–H groups in total. The Morgan fingerprint density at radius 2 is 1.69 bits per heavy atom. The molecule has 0 spiro atoms. The molecule has 2 fully saturated rings. The van der Waals surface area contributed by atoms with Crippen LogP contribution in [-0.2, 0) is 14.3 Å². The molecule has 1 amide bonds. The van der Waals surface area contributed by atoms with Gasteiger partial charge in [0.2, 0.25) is 5.91 Å². The van der Waals surface area contributed by atoms with Crippen molar-refractivity contribution in [3.05, 3.63) is 24.3 Å². The highest BCUT2D eigenvalue weighted by Gasteiger charge is 2.48. The van der Waals surface area contributed by atoms with Gasteiger partial charge in [0, 0.05) is 24.6 Å². The number of phenolic OH excluding ortho intramolecular Hbond substituents is 1. The Bertz CT molecular complexity index is 751. The van der Waals surface area contributed by atoms with Crippen LogP contribution in [0.25, 0.3) is 0 Å². The number of carboxylic acids is 1. The molecule has 2 aliphatic rings. The maximum atomic E-state index is 12.9. The number of fused-ring (bicyclic) bond motifs is 2. The van der Waals surface area contributed by atoms with Crippen molar-refractivity contribution in [2.45, 2.75) is 83.5 Å². The Hall–Kier alpha value is -2.12. The van der Waals surface area contributed by atoms with Crippen molar-refractivity contribution in [1.82, 2.24) is 5.32 Å². The highest BCUT2D eigenvalue weighted by atomic mass is 16.5. The first-order valence-electron chi connectivity index (χ1n) is 12.1. The molecule has 7 heteroatoms. The minimum atomic E-state index is -0.716. The minimum absolute atomic E-state index is 0.0651. The van der Waals surface area contributed by atoms with Crippen LogP contribution in [0.2, 0.25) is 0 Å². The molecular weight excluding hydrogens is 408 g/mol. The zero-order valence-corrected chi connectivity index (χ0v) is 19.3. The first kappa shape index (κ1) is 24.5. The van der Waals surface area contributed by atoms with Crippen LogP contribution in [0, 0.1) is 17.8 Å². The van der Waals surface area contributed by atoms with Crippen molar-refractivity contribution in [3.63, 3.8) is 0 Å². The normalized spacial score (nSPS) is 25.2. The number of rotatable bonds is 13. The van der Waals surface area contributed by atoms with Gasteiger partial charge in [-0.15, -0.1) is 0 Å². The summed E-state index contributed by atoms with van der Waals surface area (Å²) in [4.78, 5) is 23.5. The van der Waals surface area contributed by atoms with E-state index in [1.807, 2.05) is 13.8 Å². The smallest absolute Gasteiger partial charge is 0.303 e. The summed E-state index contributed by atoms with van der Waals surface area (Å²) in [6, 6.07) is 6.21. The Morgan fingerprint density at radius 1 is 1.03 bits per heavy atom. The Kier molecular flexibility index (Phi) is 8.93. The van der Waals surface area contributed by atoms with Crippen LogP contribution >= 0.6 is 0 Å². The molecule has 0 saturated carbocycles. The van der Waals surface area contributed by atoms with Gasteiger partial charge in [-0.05, 0) is 61.8 Å². The van der Waals surface area contributed by atoms with E-state index < -0.39 is 5.97 Å². The van der Waals surface area contributed by atoms with Gasteiger partial charge in [-0.3, -0.25) is 9.59 Å². The number of amides is 1. The molecule has 2 heterocycles. The van der Waals surface area contributed by atoms with Crippen LogP contribution in [0.3, 0.4) is 0 Å². The van der Waals surface area contributed by atoms with Crippen molar-refractivity contribution in [2.24, 2.45) is 17.8 Å². The van der Waals surface area contributed by atoms with Crippen LogP contribution in [0.15, 0.2) is 24.3 Å². The van der Waals surface area contributed by atoms with E-state index in [2.05, 4.69) is 10.6 Å². The van der Waals surface area contributed by atoms with Gasteiger partial charge in [-0.1, -0.05) is 33.1 Å². The number of anilines is 1. The number of nitrogens with one attached hydrogen (secondary N) is 2. The quantitative estimate of drug-likeness (QED) is 0.268. The number of unbranched alkanes of at least 4 members (excludes halogenated alkanes) is 3. The topological polar surface area (TPSA) is 108 Å². The number of carbonyl (C=O) groups is 2. The lowest BCUT2D eigenvalue weighted by Crippen LogP contribution is -2.48. The second-order valence-electron chi connectivity index (χ2n) is 9.63. The van der Waals surface area contributed by atoms with Crippen molar-refractivity contribution in [1.29, 1.82) is 0 Å². The summed E-state index contributed by atoms with van der Waals surface area (Å²) in [7, 11) is 0. The fraction of sp³-hybridized carbons (Fsp3) is 0.680. The van der Waals surface area contributed by atoms with Gasteiger partial charge in [-0.2, -0.15) is 0 Å². The molecule has 2 bridgehead atoms. The minimum Gasteiger partial charge on any atom is -0.508 e. The summed E-state index contributed by atoms with van der Waals surface area (Å²) in [6.45, 7) is 4.84. The molecule has 1 aromatic rings. The van der Waals surface area contributed by atoms with Gasteiger partial charge in [0.25, 0.3) is 0 Å². The third-order valence-electron chi connectivity index (χ3n) is 6.93. The van der Waals surface area contributed by atoms with Gasteiger partial charge in [0.15, 0.2) is 0 Å². The molecule has 1 unspecified atom stereocenters. The lowest BCUT2D eigenvalue weighted by Gasteiger charge is -2.31. The molecule has 0 aliphatic carbocycles. The third-order valence-corrected chi connectivity index (χ3v) is 6.93. The van der Waals surface area contributed by atoms with Crippen molar-refractivity contribution in [3.8, 4) is 5.75 Å². The summed E-state index contributed by atoms with van der Waals surface area (Å²) in [6.07, 6.45) is 8.06. The SMILES string of the molecule is CC(C)C(NC[C@@H]1[C@@H](CCCCCCC(=O)O)[C@@H]2CC[C@H]1O2)C(=O)Nc1ccc(O)cc1. The van der Waals surface area contributed by atoms with Crippen LogP contribution in [0.4, 0.5) is 5.69 Å². The molecule has 1 aromatic carbocycles. The maximum Gasteiger partial charge on any atom is 0.303 e. The summed E-state index contributed by atoms with van der Waals surface area (Å²) in [5, 5.41) is 24.7. The van der Waals surface area contributed by atoms with E-state index in [1.165, 1.54) is 0 Å². The molecule has 2 saturated heterocycles. The molecule has 5 atom stereocenters. The second kappa shape index (κ2) is 11.7. The monoisotopic (exact) mass is 446 g/mol. The van der Waals surface area contributed by atoms with E-state index in [9.17, 15) is 14.7 Å². The van der Waals surface area contributed by atoms with Crippen LogP contribution in [-0.4, -0.2) is 46.9 Å². The van der Waals surface area contributed by atoms with Gasteiger partial charge < -0.3 is 25.6 Å². The number of ether oxygens (including phenoxy) is 1. The molecule has 178 valence electrons. The van der Waals surface area contributed by atoms with E-state index in [0.29, 0.717) is 23.6 Å². The van der Waals surface area contributed by atoms with Crippen LogP contribution in [0.5, 0.6) is 5.75 Å². The molecule has 0 aromatic heterocycles. The molecule has 0 radical (unpaired) electrons. The Labute approximate surface area is 190 Å². The van der Waals surface area contributed by atoms with E-state index in [0.717, 1.165) is 51.5 Å². The van der Waals surface area contributed by atoms with Crippen molar-refractivity contribution >= 4 is 17.6 Å². The number of aliphatic carboxylic acids is 1. The van der Waals surface area contributed by atoms with Gasteiger partial charge in [-0.25, -0.2) is 0 Å². The molecule has 2 aliphatic heterocycles. The van der Waals surface area contributed by atoms with Crippen LogP contribution < -0.4 is 10.6 Å². The van der Waals surface area contributed by atoms with E-state index in [1.54, 1.807) is 24.3 Å². The number of hydrogen-bond donors (Lipinski definition) is 4. The lowest BCUT2D eigenvalue weighted by molar-refractivity contribution is -0.137. The zero-order chi connectivity index (χ0) is 23.1. The molecule has 32 heavy (non-hydrogen) atoms. The molecular formula is C25H38N2O5. The summed E-state index contributed by atoms with van der Waals surface area (Å²) in [5.74, 6) is 0.450. The van der Waals surface area contributed by atoms with Crippen molar-refractivity contribution < 1.29 is 24.5 Å². The average molecular weight is 447 g/mol. The van der Waals surface area contributed by atoms with E-state index >= 15 is 0 Å². The lowest BCUT2D eigenvalue weighted by atomic mass is 9.76. The Balaban J connectivity index is 1.49. The first-order valence-corrected chi connectivity index (χ1v) is 12.1. The summed E-state index contributed by atoms with van der Waals surface area (Å²) >= 11 is 0. The predicted molar refractivity (Wildman–Crippen MR) is 124 cm³/mol. The first-order chi connectivity index (χ1) is 15.3. The second-order valence-corrected chi connectivity index (χ2v) is 9.63. The third kappa shape index (κ3) is 6.69. The standard InChI is InChI=1S/C25H38N2O5/c1-16(2)24(25(31)27-17-9-11-18(28)12-10-17)26-15-20-19(21-13-14-22(20)32-21)7-5-3-4-6-8-23(29)30/h9-12,16,19-22,24,26,28H,3-8,13-15H2,1-2H3,(H,27,31)(H,29,30)/t19-,20-,21+,22-,24?/m1/s1. The zero-order valence-electron chi connectivity index (χ0n) is 19.3. The van der Waals surface area contributed by atoms with E-state index in [4.69, 9.17) is 9.84 Å².